The Morgan fingerprint density at radius 1 is 0.923 bits per heavy atom. The van der Waals surface area contributed by atoms with E-state index < -0.39 is 28.9 Å². The molecule has 0 heterocycles. The minimum Gasteiger partial charge on any atom is -0.192 e. The Bertz CT molecular complexity index is 856. The van der Waals surface area contributed by atoms with Gasteiger partial charge >= 0.3 is 12.4 Å². The minimum absolute atomic E-state index is 0.0755. The van der Waals surface area contributed by atoms with Gasteiger partial charge in [0.25, 0.3) is 0 Å². The number of rotatable bonds is 3. The lowest BCUT2D eigenvalue weighted by Crippen LogP contribution is -2.37. The van der Waals surface area contributed by atoms with E-state index >= 15 is 0 Å². The lowest BCUT2D eigenvalue weighted by atomic mass is 9.81. The summed E-state index contributed by atoms with van der Waals surface area (Å²) in [6, 6.07) is 9.67. The smallest absolute Gasteiger partial charge is 0.192 e. The normalized spacial score (nSPS) is 14.4. The minimum atomic E-state index is -4.71. The lowest BCUT2D eigenvalue weighted by molar-refractivity contribution is -0.170. The Hall–Kier alpha value is -2.75. The molecule has 0 spiro atoms. The molecule has 0 fully saturated rings. The van der Waals surface area contributed by atoms with E-state index in [-0.39, 0.29) is 11.1 Å². The zero-order chi connectivity index (χ0) is 19.8. The first-order valence-corrected chi connectivity index (χ1v) is 7.36. The van der Waals surface area contributed by atoms with Crippen LogP contribution in [0.15, 0.2) is 55.1 Å². The Labute approximate surface area is 146 Å². The van der Waals surface area contributed by atoms with Gasteiger partial charge in [-0.15, -0.1) is 6.58 Å². The molecule has 136 valence electrons. The number of hydrogen-bond donors (Lipinski definition) is 0. The standard InChI is InChI=1S/C19H13F6N/c1-3-17(2,19(23,24)25)15-8-6-12(7-9-15)13-4-5-14(11-26)16(10-13)18(20,21)22/h3-10H,1H2,2H3. The summed E-state index contributed by atoms with van der Waals surface area (Å²) < 4.78 is 78.9. The molecule has 1 atom stereocenters. The first-order valence-electron chi connectivity index (χ1n) is 7.36. The topological polar surface area (TPSA) is 23.8 Å². The third-order valence-electron chi connectivity index (χ3n) is 4.26. The number of hydrogen-bond acceptors (Lipinski definition) is 1. The molecule has 0 radical (unpaired) electrons. The molecule has 0 amide bonds. The van der Waals surface area contributed by atoms with Crippen molar-refractivity contribution in [3.8, 4) is 17.2 Å². The highest BCUT2D eigenvalue weighted by molar-refractivity contribution is 5.66. The third kappa shape index (κ3) is 3.45. The van der Waals surface area contributed by atoms with Gasteiger partial charge in [-0.25, -0.2) is 0 Å². The number of benzene rings is 2. The predicted octanol–water partition coefficient (Wildman–Crippen LogP) is 6.25. The molecule has 0 saturated carbocycles. The molecule has 0 N–H and O–H groups in total. The van der Waals surface area contributed by atoms with Gasteiger partial charge in [0.1, 0.15) is 5.41 Å². The monoisotopic (exact) mass is 369 g/mol. The van der Waals surface area contributed by atoms with Crippen molar-refractivity contribution < 1.29 is 26.3 Å². The van der Waals surface area contributed by atoms with Crippen LogP contribution in [0.4, 0.5) is 26.3 Å². The van der Waals surface area contributed by atoms with E-state index in [1.807, 2.05) is 0 Å². The highest BCUT2D eigenvalue weighted by Crippen LogP contribution is 2.42. The Kier molecular flexibility index (Phi) is 4.91. The number of halogens is 6. The second-order valence-corrected chi connectivity index (χ2v) is 5.85. The molecule has 0 aliphatic heterocycles. The van der Waals surface area contributed by atoms with E-state index in [4.69, 9.17) is 5.26 Å². The van der Waals surface area contributed by atoms with E-state index in [0.717, 1.165) is 25.1 Å². The molecule has 0 bridgehead atoms. The number of nitrogens with zero attached hydrogens (tertiary/aromatic N) is 1. The molecule has 1 unspecified atom stereocenters. The Morgan fingerprint density at radius 3 is 1.88 bits per heavy atom. The zero-order valence-electron chi connectivity index (χ0n) is 13.5. The molecule has 2 rings (SSSR count). The molecule has 0 aliphatic carbocycles. The van der Waals surface area contributed by atoms with Crippen molar-refractivity contribution in [1.29, 1.82) is 5.26 Å². The quantitative estimate of drug-likeness (QED) is 0.463. The van der Waals surface area contributed by atoms with Crippen molar-refractivity contribution in [3.05, 3.63) is 71.8 Å². The van der Waals surface area contributed by atoms with Gasteiger partial charge in [0, 0.05) is 0 Å². The fourth-order valence-corrected chi connectivity index (χ4v) is 2.46. The maximum atomic E-state index is 13.3. The van der Waals surface area contributed by atoms with E-state index in [2.05, 4.69) is 6.58 Å². The molecule has 7 heteroatoms. The van der Waals surface area contributed by atoms with Crippen molar-refractivity contribution in [2.24, 2.45) is 0 Å². The van der Waals surface area contributed by atoms with Crippen LogP contribution in [-0.4, -0.2) is 6.18 Å². The van der Waals surface area contributed by atoms with Crippen molar-refractivity contribution in [3.63, 3.8) is 0 Å². The van der Waals surface area contributed by atoms with Crippen LogP contribution in [0, 0.1) is 11.3 Å². The molecule has 2 aromatic rings. The summed E-state index contributed by atoms with van der Waals surface area (Å²) in [5.74, 6) is 0. The average Bonchev–Trinajstić information content (AvgIpc) is 2.58. The SMILES string of the molecule is C=CC(C)(c1ccc(-c2ccc(C#N)c(C(F)(F)F)c2)cc1)C(F)(F)F. The van der Waals surface area contributed by atoms with Crippen LogP contribution in [0.2, 0.25) is 0 Å². The molecular formula is C19H13F6N. The van der Waals surface area contributed by atoms with Crippen molar-refractivity contribution >= 4 is 0 Å². The second-order valence-electron chi connectivity index (χ2n) is 5.85. The molecule has 0 aromatic heterocycles. The fourth-order valence-electron chi connectivity index (χ4n) is 2.46. The van der Waals surface area contributed by atoms with Gasteiger partial charge in [-0.05, 0) is 35.7 Å². The van der Waals surface area contributed by atoms with Crippen LogP contribution in [0.5, 0.6) is 0 Å². The van der Waals surface area contributed by atoms with E-state index in [1.165, 1.54) is 36.4 Å². The average molecular weight is 369 g/mol. The van der Waals surface area contributed by atoms with E-state index in [0.29, 0.717) is 5.56 Å². The summed E-state index contributed by atoms with van der Waals surface area (Å²) in [4.78, 5) is 0. The van der Waals surface area contributed by atoms with Crippen molar-refractivity contribution in [1.82, 2.24) is 0 Å². The first kappa shape index (κ1) is 19.6. The lowest BCUT2D eigenvalue weighted by Gasteiger charge is -2.29. The maximum Gasteiger partial charge on any atom is 0.417 e. The molecule has 26 heavy (non-hydrogen) atoms. The molecular weight excluding hydrogens is 356 g/mol. The predicted molar refractivity (Wildman–Crippen MR) is 85.2 cm³/mol. The summed E-state index contributed by atoms with van der Waals surface area (Å²) in [6.07, 6.45) is -8.49. The summed E-state index contributed by atoms with van der Waals surface area (Å²) >= 11 is 0. The van der Waals surface area contributed by atoms with Crippen LogP contribution in [0.3, 0.4) is 0 Å². The summed E-state index contributed by atoms with van der Waals surface area (Å²) in [5, 5.41) is 8.81. The molecule has 0 saturated heterocycles. The number of allylic oxidation sites excluding steroid dienone is 1. The number of alkyl halides is 6. The van der Waals surface area contributed by atoms with Crippen LogP contribution < -0.4 is 0 Å². The molecule has 1 nitrogen and oxygen atoms in total. The van der Waals surface area contributed by atoms with Crippen LogP contribution in [0.25, 0.3) is 11.1 Å². The first-order chi connectivity index (χ1) is 11.9. The highest BCUT2D eigenvalue weighted by Gasteiger charge is 2.50. The van der Waals surface area contributed by atoms with Crippen LogP contribution >= 0.6 is 0 Å². The third-order valence-corrected chi connectivity index (χ3v) is 4.26. The largest absolute Gasteiger partial charge is 0.417 e. The van der Waals surface area contributed by atoms with Crippen molar-refractivity contribution in [2.75, 3.05) is 0 Å². The van der Waals surface area contributed by atoms with E-state index in [1.54, 1.807) is 0 Å². The summed E-state index contributed by atoms with van der Waals surface area (Å²) in [7, 11) is 0. The van der Waals surface area contributed by atoms with Gasteiger partial charge in [-0.2, -0.15) is 31.6 Å². The van der Waals surface area contributed by atoms with Gasteiger partial charge in [0.2, 0.25) is 0 Å². The van der Waals surface area contributed by atoms with Crippen LogP contribution in [-0.2, 0) is 11.6 Å². The molecule has 0 aliphatic rings. The van der Waals surface area contributed by atoms with Crippen LogP contribution in [0.1, 0.15) is 23.6 Å². The number of nitriles is 1. The summed E-state index contributed by atoms with van der Waals surface area (Å²) in [5.41, 5.74) is -3.50. The van der Waals surface area contributed by atoms with Gasteiger partial charge in [-0.3, -0.25) is 0 Å². The van der Waals surface area contributed by atoms with Gasteiger partial charge in [0.15, 0.2) is 0 Å². The Morgan fingerprint density at radius 2 is 1.46 bits per heavy atom. The van der Waals surface area contributed by atoms with Crippen molar-refractivity contribution in [2.45, 2.75) is 24.7 Å². The second kappa shape index (κ2) is 6.52. The highest BCUT2D eigenvalue weighted by atomic mass is 19.4. The van der Waals surface area contributed by atoms with Gasteiger partial charge in [0.05, 0.1) is 17.2 Å². The Balaban J connectivity index is 2.50. The van der Waals surface area contributed by atoms with E-state index in [9.17, 15) is 26.3 Å². The van der Waals surface area contributed by atoms with Gasteiger partial charge < -0.3 is 0 Å². The van der Waals surface area contributed by atoms with Gasteiger partial charge in [-0.1, -0.05) is 36.4 Å². The molecule has 2 aromatic carbocycles. The fraction of sp³-hybridized carbons (Fsp3) is 0.211. The maximum absolute atomic E-state index is 13.3. The zero-order valence-corrected chi connectivity index (χ0v) is 13.5. The summed E-state index contributed by atoms with van der Waals surface area (Å²) in [6.45, 7) is 4.21.